The summed E-state index contributed by atoms with van der Waals surface area (Å²) in [6.45, 7) is 8.07. The third-order valence-electron chi connectivity index (χ3n) is 3.79. The van der Waals surface area contributed by atoms with Crippen LogP contribution in [-0.2, 0) is 0 Å². The maximum atomic E-state index is 12.8. The van der Waals surface area contributed by atoms with Crippen LogP contribution in [0.25, 0.3) is 0 Å². The SMILES string of the molecule is CCOc1ccc(C(=O)N(CC(F)(F)F)C(C)C(C)C)cc1C. The molecule has 23 heavy (non-hydrogen) atoms. The monoisotopic (exact) mass is 331 g/mol. The van der Waals surface area contributed by atoms with Crippen molar-refractivity contribution in [2.45, 2.75) is 46.8 Å². The quantitative estimate of drug-likeness (QED) is 0.771. The molecule has 0 N–H and O–H groups in total. The second kappa shape index (κ2) is 7.70. The molecule has 0 aliphatic carbocycles. The zero-order valence-corrected chi connectivity index (χ0v) is 14.2. The fourth-order valence-corrected chi connectivity index (χ4v) is 2.22. The second-order valence-electron chi connectivity index (χ2n) is 5.95. The minimum absolute atomic E-state index is 0.0786. The van der Waals surface area contributed by atoms with E-state index in [1.54, 1.807) is 39.8 Å². The van der Waals surface area contributed by atoms with Gasteiger partial charge in [0, 0.05) is 11.6 Å². The normalized spacial score (nSPS) is 13.1. The average Bonchev–Trinajstić information content (AvgIpc) is 2.44. The number of hydrogen-bond donors (Lipinski definition) is 0. The number of alkyl halides is 3. The summed E-state index contributed by atoms with van der Waals surface area (Å²) < 4.78 is 43.9. The van der Waals surface area contributed by atoms with Gasteiger partial charge >= 0.3 is 6.18 Å². The Hall–Kier alpha value is -1.72. The molecule has 0 bridgehead atoms. The van der Waals surface area contributed by atoms with E-state index in [1.807, 2.05) is 6.92 Å². The van der Waals surface area contributed by atoms with Crippen LogP contribution in [0.1, 0.15) is 43.6 Å². The standard InChI is InChI=1S/C17H24F3NO2/c1-6-23-15-8-7-14(9-12(15)4)16(22)21(10-17(18,19)20)13(5)11(2)3/h7-9,11,13H,6,10H2,1-5H3. The van der Waals surface area contributed by atoms with E-state index in [-0.39, 0.29) is 11.5 Å². The van der Waals surface area contributed by atoms with Gasteiger partial charge in [-0.25, -0.2) is 0 Å². The Bertz CT molecular complexity index is 541. The molecule has 0 saturated carbocycles. The fraction of sp³-hybridized carbons (Fsp3) is 0.588. The molecule has 0 heterocycles. The first kappa shape index (κ1) is 19.3. The summed E-state index contributed by atoms with van der Waals surface area (Å²) in [4.78, 5) is 13.5. The van der Waals surface area contributed by atoms with Crippen LogP contribution in [0.3, 0.4) is 0 Å². The number of amides is 1. The van der Waals surface area contributed by atoms with Gasteiger partial charge in [-0.1, -0.05) is 13.8 Å². The molecule has 0 spiro atoms. The molecule has 0 aromatic heterocycles. The summed E-state index contributed by atoms with van der Waals surface area (Å²) in [6, 6.07) is 4.19. The molecule has 0 radical (unpaired) electrons. The summed E-state index contributed by atoms with van der Waals surface area (Å²) in [7, 11) is 0. The molecule has 0 aliphatic rings. The predicted octanol–water partition coefficient (Wildman–Crippen LogP) is 4.44. The van der Waals surface area contributed by atoms with Crippen LogP contribution in [0.2, 0.25) is 0 Å². The first-order valence-corrected chi connectivity index (χ1v) is 7.68. The van der Waals surface area contributed by atoms with Crippen LogP contribution in [-0.4, -0.2) is 36.2 Å². The molecule has 3 nitrogen and oxygen atoms in total. The van der Waals surface area contributed by atoms with Gasteiger partial charge in [-0.2, -0.15) is 13.2 Å². The van der Waals surface area contributed by atoms with Crippen molar-refractivity contribution in [2.24, 2.45) is 5.92 Å². The van der Waals surface area contributed by atoms with Crippen molar-refractivity contribution in [2.75, 3.05) is 13.2 Å². The lowest BCUT2D eigenvalue weighted by Gasteiger charge is -2.32. The molecule has 1 aromatic rings. The number of hydrogen-bond acceptors (Lipinski definition) is 2. The van der Waals surface area contributed by atoms with Gasteiger partial charge in [0.25, 0.3) is 5.91 Å². The van der Waals surface area contributed by atoms with Gasteiger partial charge in [-0.3, -0.25) is 4.79 Å². The molecule has 1 unspecified atom stereocenters. The van der Waals surface area contributed by atoms with E-state index >= 15 is 0 Å². The Kier molecular flexibility index (Phi) is 6.47. The van der Waals surface area contributed by atoms with E-state index in [1.165, 1.54) is 6.07 Å². The number of nitrogens with zero attached hydrogens (tertiary/aromatic N) is 1. The van der Waals surface area contributed by atoms with Gasteiger partial charge in [-0.05, 0) is 50.5 Å². The Morgan fingerprint density at radius 3 is 2.30 bits per heavy atom. The van der Waals surface area contributed by atoms with Gasteiger partial charge in [0.15, 0.2) is 0 Å². The molecule has 1 rings (SSSR count). The van der Waals surface area contributed by atoms with Gasteiger partial charge < -0.3 is 9.64 Å². The van der Waals surface area contributed by atoms with Crippen molar-refractivity contribution in [3.8, 4) is 5.75 Å². The zero-order chi connectivity index (χ0) is 17.8. The Balaban J connectivity index is 3.11. The topological polar surface area (TPSA) is 29.5 Å². The highest BCUT2D eigenvalue weighted by molar-refractivity contribution is 5.94. The summed E-state index contributed by atoms with van der Waals surface area (Å²) in [5.74, 6) is -0.0666. The van der Waals surface area contributed by atoms with E-state index in [0.29, 0.717) is 12.4 Å². The number of halogens is 3. The lowest BCUT2D eigenvalue weighted by atomic mass is 10.0. The summed E-state index contributed by atoms with van der Waals surface area (Å²) in [5, 5.41) is 0. The molecular weight excluding hydrogens is 307 g/mol. The van der Waals surface area contributed by atoms with E-state index in [4.69, 9.17) is 4.74 Å². The van der Waals surface area contributed by atoms with Crippen molar-refractivity contribution in [3.63, 3.8) is 0 Å². The number of aryl methyl sites for hydroxylation is 1. The van der Waals surface area contributed by atoms with Crippen LogP contribution >= 0.6 is 0 Å². The Morgan fingerprint density at radius 2 is 1.87 bits per heavy atom. The molecule has 1 atom stereocenters. The summed E-state index contributed by atoms with van der Waals surface area (Å²) in [5.41, 5.74) is 0.963. The minimum atomic E-state index is -4.43. The first-order chi connectivity index (χ1) is 10.6. The van der Waals surface area contributed by atoms with Crippen molar-refractivity contribution in [1.29, 1.82) is 0 Å². The highest BCUT2D eigenvalue weighted by atomic mass is 19.4. The first-order valence-electron chi connectivity index (χ1n) is 7.68. The largest absolute Gasteiger partial charge is 0.494 e. The number of rotatable bonds is 6. The molecule has 1 amide bonds. The number of ether oxygens (including phenoxy) is 1. The summed E-state index contributed by atoms with van der Waals surface area (Å²) >= 11 is 0. The zero-order valence-electron chi connectivity index (χ0n) is 14.2. The molecule has 0 aliphatic heterocycles. The van der Waals surface area contributed by atoms with E-state index in [9.17, 15) is 18.0 Å². The number of carbonyl (C=O) groups excluding carboxylic acids is 1. The Morgan fingerprint density at radius 1 is 1.26 bits per heavy atom. The Labute approximate surface area is 135 Å². The molecule has 6 heteroatoms. The lowest BCUT2D eigenvalue weighted by molar-refractivity contribution is -0.145. The van der Waals surface area contributed by atoms with Crippen molar-refractivity contribution >= 4 is 5.91 Å². The van der Waals surface area contributed by atoms with Gasteiger partial charge in [0.05, 0.1) is 6.61 Å². The van der Waals surface area contributed by atoms with E-state index in [2.05, 4.69) is 0 Å². The van der Waals surface area contributed by atoms with Crippen LogP contribution < -0.4 is 4.74 Å². The van der Waals surface area contributed by atoms with E-state index in [0.717, 1.165) is 10.5 Å². The maximum absolute atomic E-state index is 12.8. The van der Waals surface area contributed by atoms with Gasteiger partial charge in [-0.15, -0.1) is 0 Å². The smallest absolute Gasteiger partial charge is 0.406 e. The van der Waals surface area contributed by atoms with Crippen LogP contribution in [0.5, 0.6) is 5.75 Å². The van der Waals surface area contributed by atoms with Crippen molar-refractivity contribution in [1.82, 2.24) is 4.90 Å². The third-order valence-corrected chi connectivity index (χ3v) is 3.79. The average molecular weight is 331 g/mol. The maximum Gasteiger partial charge on any atom is 0.406 e. The molecule has 130 valence electrons. The van der Waals surface area contributed by atoms with E-state index < -0.39 is 24.7 Å². The van der Waals surface area contributed by atoms with Crippen LogP contribution in [0.4, 0.5) is 13.2 Å². The van der Waals surface area contributed by atoms with Gasteiger partial charge in [0.2, 0.25) is 0 Å². The fourth-order valence-electron chi connectivity index (χ4n) is 2.22. The minimum Gasteiger partial charge on any atom is -0.494 e. The van der Waals surface area contributed by atoms with Crippen LogP contribution in [0.15, 0.2) is 18.2 Å². The highest BCUT2D eigenvalue weighted by Gasteiger charge is 2.36. The summed E-state index contributed by atoms with van der Waals surface area (Å²) in [6.07, 6.45) is -4.43. The molecule has 0 fully saturated rings. The second-order valence-corrected chi connectivity index (χ2v) is 5.95. The van der Waals surface area contributed by atoms with Crippen molar-refractivity contribution < 1.29 is 22.7 Å². The van der Waals surface area contributed by atoms with Gasteiger partial charge in [0.1, 0.15) is 12.3 Å². The molecule has 0 saturated heterocycles. The lowest BCUT2D eigenvalue weighted by Crippen LogP contribution is -2.46. The highest BCUT2D eigenvalue weighted by Crippen LogP contribution is 2.25. The predicted molar refractivity (Wildman–Crippen MR) is 83.7 cm³/mol. The van der Waals surface area contributed by atoms with Crippen molar-refractivity contribution in [3.05, 3.63) is 29.3 Å². The van der Waals surface area contributed by atoms with Crippen LogP contribution in [0, 0.1) is 12.8 Å². The number of carbonyl (C=O) groups is 1. The number of benzene rings is 1. The molecule has 1 aromatic carbocycles. The third kappa shape index (κ3) is 5.44. The molecular formula is C17H24F3NO2.